The molecule has 1 unspecified atom stereocenters. The van der Waals surface area contributed by atoms with Gasteiger partial charge >= 0.3 is 0 Å². The Morgan fingerprint density at radius 2 is 2.05 bits per heavy atom. The van der Waals surface area contributed by atoms with E-state index in [1.54, 1.807) is 6.07 Å². The number of aromatic nitrogens is 2. The highest BCUT2D eigenvalue weighted by Crippen LogP contribution is 2.14. The Hall–Kier alpha value is -1.70. The van der Waals surface area contributed by atoms with E-state index in [0.29, 0.717) is 12.2 Å². The summed E-state index contributed by atoms with van der Waals surface area (Å²) in [5.74, 6) is 0.299. The summed E-state index contributed by atoms with van der Waals surface area (Å²) in [5, 5.41) is 5.86. The van der Waals surface area contributed by atoms with Gasteiger partial charge in [-0.25, -0.2) is 18.4 Å². The highest BCUT2D eigenvalue weighted by Gasteiger charge is 2.29. The first-order chi connectivity index (χ1) is 9.65. The molecular formula is C13H20N4O3S. The summed E-state index contributed by atoms with van der Waals surface area (Å²) in [5.41, 5.74) is 0.0443. The SMILES string of the molecule is CC(C)(C)Nc1cc(C(=O)NC2CCS(=O)(=O)C2)ncn1. The summed E-state index contributed by atoms with van der Waals surface area (Å²) in [6.45, 7) is 5.95. The zero-order valence-corrected chi connectivity index (χ0v) is 13.2. The molecule has 2 rings (SSSR count). The van der Waals surface area contributed by atoms with Gasteiger partial charge in [-0.2, -0.15) is 0 Å². The molecule has 0 spiro atoms. The van der Waals surface area contributed by atoms with Gasteiger partial charge in [0.1, 0.15) is 17.8 Å². The number of carbonyl (C=O) groups excluding carboxylic acids is 1. The van der Waals surface area contributed by atoms with Crippen molar-refractivity contribution < 1.29 is 13.2 Å². The monoisotopic (exact) mass is 312 g/mol. The Balaban J connectivity index is 2.04. The second-order valence-electron chi connectivity index (χ2n) is 6.24. The first-order valence-electron chi connectivity index (χ1n) is 6.76. The topological polar surface area (TPSA) is 101 Å². The van der Waals surface area contributed by atoms with E-state index in [2.05, 4.69) is 20.6 Å². The smallest absolute Gasteiger partial charge is 0.270 e. The lowest BCUT2D eigenvalue weighted by Gasteiger charge is -2.21. The van der Waals surface area contributed by atoms with E-state index in [4.69, 9.17) is 0 Å². The molecule has 1 aliphatic rings. The van der Waals surface area contributed by atoms with Crippen LogP contribution in [-0.4, -0.2) is 47.4 Å². The fourth-order valence-corrected chi connectivity index (χ4v) is 3.78. The van der Waals surface area contributed by atoms with Crippen molar-refractivity contribution in [1.29, 1.82) is 0 Å². The Morgan fingerprint density at radius 3 is 2.62 bits per heavy atom. The molecule has 1 amide bonds. The highest BCUT2D eigenvalue weighted by molar-refractivity contribution is 7.91. The van der Waals surface area contributed by atoms with Crippen LogP contribution in [0.4, 0.5) is 5.82 Å². The fraction of sp³-hybridized carbons (Fsp3) is 0.615. The first-order valence-corrected chi connectivity index (χ1v) is 8.58. The van der Waals surface area contributed by atoms with Crippen LogP contribution in [0.25, 0.3) is 0 Å². The van der Waals surface area contributed by atoms with Crippen molar-refractivity contribution in [3.05, 3.63) is 18.1 Å². The van der Waals surface area contributed by atoms with Crippen molar-refractivity contribution in [2.45, 2.75) is 38.8 Å². The van der Waals surface area contributed by atoms with Crippen molar-refractivity contribution in [3.8, 4) is 0 Å². The summed E-state index contributed by atoms with van der Waals surface area (Å²) in [6, 6.07) is 1.22. The Labute approximate surface area is 124 Å². The predicted molar refractivity (Wildman–Crippen MR) is 79.9 cm³/mol. The molecule has 2 N–H and O–H groups in total. The number of sulfone groups is 1. The van der Waals surface area contributed by atoms with E-state index < -0.39 is 9.84 Å². The molecule has 1 aromatic heterocycles. The number of rotatable bonds is 3. The Morgan fingerprint density at radius 1 is 1.33 bits per heavy atom. The minimum Gasteiger partial charge on any atom is -0.365 e. The average Bonchev–Trinajstić information content (AvgIpc) is 2.66. The van der Waals surface area contributed by atoms with Crippen LogP contribution in [0.3, 0.4) is 0 Å². The van der Waals surface area contributed by atoms with E-state index >= 15 is 0 Å². The summed E-state index contributed by atoms with van der Waals surface area (Å²) in [6.07, 6.45) is 1.76. The molecule has 1 aromatic rings. The van der Waals surface area contributed by atoms with Crippen LogP contribution < -0.4 is 10.6 Å². The Kier molecular flexibility index (Phi) is 4.18. The second kappa shape index (κ2) is 5.59. The molecular weight excluding hydrogens is 292 g/mol. The van der Waals surface area contributed by atoms with Crippen molar-refractivity contribution in [1.82, 2.24) is 15.3 Å². The zero-order valence-electron chi connectivity index (χ0n) is 12.4. The van der Waals surface area contributed by atoms with E-state index in [1.807, 2.05) is 20.8 Å². The van der Waals surface area contributed by atoms with Crippen LogP contribution in [0.2, 0.25) is 0 Å². The largest absolute Gasteiger partial charge is 0.365 e. The van der Waals surface area contributed by atoms with Crippen LogP contribution in [0.1, 0.15) is 37.7 Å². The maximum Gasteiger partial charge on any atom is 0.270 e. The summed E-state index contributed by atoms with van der Waals surface area (Å²) in [7, 11) is -3.02. The lowest BCUT2D eigenvalue weighted by Crippen LogP contribution is -2.36. The van der Waals surface area contributed by atoms with Crippen molar-refractivity contribution in [3.63, 3.8) is 0 Å². The predicted octanol–water partition coefficient (Wildman–Crippen LogP) is 0.604. The molecule has 21 heavy (non-hydrogen) atoms. The highest BCUT2D eigenvalue weighted by atomic mass is 32.2. The number of hydrogen-bond acceptors (Lipinski definition) is 6. The van der Waals surface area contributed by atoms with Crippen LogP contribution >= 0.6 is 0 Å². The molecule has 8 heteroatoms. The van der Waals surface area contributed by atoms with E-state index in [1.165, 1.54) is 6.33 Å². The third-order valence-corrected chi connectivity index (χ3v) is 4.74. The van der Waals surface area contributed by atoms with Crippen molar-refractivity contribution in [2.24, 2.45) is 0 Å². The third kappa shape index (κ3) is 4.66. The van der Waals surface area contributed by atoms with Gasteiger partial charge in [0.05, 0.1) is 11.5 Å². The quantitative estimate of drug-likeness (QED) is 0.848. The van der Waals surface area contributed by atoms with Crippen LogP contribution in [0, 0.1) is 0 Å². The number of nitrogens with zero attached hydrogens (tertiary/aromatic N) is 2. The molecule has 1 fully saturated rings. The molecule has 0 radical (unpaired) electrons. The molecule has 0 aliphatic carbocycles. The maximum atomic E-state index is 12.1. The van der Waals surface area contributed by atoms with Crippen LogP contribution in [0.5, 0.6) is 0 Å². The number of anilines is 1. The standard InChI is InChI=1S/C13H20N4O3S/c1-13(2,3)17-11-6-10(14-8-15-11)12(18)16-9-4-5-21(19,20)7-9/h6,8-9H,4-5,7H2,1-3H3,(H,16,18)(H,14,15,17). The number of nitrogens with one attached hydrogen (secondary N) is 2. The van der Waals surface area contributed by atoms with Crippen molar-refractivity contribution in [2.75, 3.05) is 16.8 Å². The molecule has 1 saturated heterocycles. The summed E-state index contributed by atoms with van der Waals surface area (Å²) >= 11 is 0. The third-order valence-electron chi connectivity index (χ3n) is 2.97. The van der Waals surface area contributed by atoms with Gasteiger partial charge in [-0.15, -0.1) is 0 Å². The van der Waals surface area contributed by atoms with Gasteiger partial charge in [0.15, 0.2) is 9.84 Å². The molecule has 0 saturated carbocycles. The fourth-order valence-electron chi connectivity index (χ4n) is 2.10. The van der Waals surface area contributed by atoms with Gasteiger partial charge in [0.2, 0.25) is 0 Å². The molecule has 1 aliphatic heterocycles. The summed E-state index contributed by atoms with van der Waals surface area (Å²) in [4.78, 5) is 20.1. The van der Waals surface area contributed by atoms with Gasteiger partial charge in [0.25, 0.3) is 5.91 Å². The van der Waals surface area contributed by atoms with Gasteiger partial charge in [-0.3, -0.25) is 4.79 Å². The lowest BCUT2D eigenvalue weighted by molar-refractivity contribution is 0.0936. The van der Waals surface area contributed by atoms with E-state index in [0.717, 1.165) is 0 Å². The van der Waals surface area contributed by atoms with E-state index in [9.17, 15) is 13.2 Å². The molecule has 1 atom stereocenters. The molecule has 0 aromatic carbocycles. The Bertz CT molecular complexity index is 637. The van der Waals surface area contributed by atoms with Gasteiger partial charge in [-0.05, 0) is 27.2 Å². The second-order valence-corrected chi connectivity index (χ2v) is 8.47. The molecule has 116 valence electrons. The van der Waals surface area contributed by atoms with Gasteiger partial charge < -0.3 is 10.6 Å². The number of amides is 1. The number of hydrogen-bond donors (Lipinski definition) is 2. The normalized spacial score (nSPS) is 21.0. The lowest BCUT2D eigenvalue weighted by atomic mass is 10.1. The molecule has 0 bridgehead atoms. The summed E-state index contributed by atoms with van der Waals surface area (Å²) < 4.78 is 22.8. The molecule has 2 heterocycles. The zero-order chi connectivity index (χ0) is 15.7. The van der Waals surface area contributed by atoms with Gasteiger partial charge in [0, 0.05) is 17.6 Å². The number of carbonyl (C=O) groups is 1. The van der Waals surface area contributed by atoms with E-state index in [-0.39, 0.29) is 34.7 Å². The minimum absolute atomic E-state index is 0.00305. The van der Waals surface area contributed by atoms with Crippen molar-refractivity contribution >= 4 is 21.6 Å². The maximum absolute atomic E-state index is 12.1. The minimum atomic E-state index is -3.02. The van der Waals surface area contributed by atoms with Crippen LogP contribution in [0.15, 0.2) is 12.4 Å². The van der Waals surface area contributed by atoms with Gasteiger partial charge in [-0.1, -0.05) is 0 Å². The average molecular weight is 312 g/mol. The first kappa shape index (κ1) is 15.7. The molecule has 7 nitrogen and oxygen atoms in total. The van der Waals surface area contributed by atoms with Crippen LogP contribution in [-0.2, 0) is 9.84 Å².